The molecule has 4 aromatic carbocycles. The number of aryl methyl sites for hydroxylation is 4. The van der Waals surface area contributed by atoms with Crippen LogP contribution in [0.15, 0.2) is 87.1 Å². The first kappa shape index (κ1) is 39.4. The average Bonchev–Trinajstić information content (AvgIpc) is 3.11. The highest BCUT2D eigenvalue weighted by atomic mass is 32.2. The third kappa shape index (κ3) is 7.92. The molecule has 1 heterocycles. The molecule has 280 valence electrons. The van der Waals surface area contributed by atoms with Crippen LogP contribution in [-0.4, -0.2) is 24.8 Å². The summed E-state index contributed by atoms with van der Waals surface area (Å²) in [6.45, 7) is 18.6. The minimum absolute atomic E-state index is 0.169. The van der Waals surface area contributed by atoms with Gasteiger partial charge in [-0.15, -0.1) is 0 Å². The van der Waals surface area contributed by atoms with Crippen LogP contribution in [0.5, 0.6) is 0 Å². The molecule has 11 heteroatoms. The molecule has 10 nitrogen and oxygen atoms in total. The molecule has 0 fully saturated rings. The van der Waals surface area contributed by atoms with Crippen LogP contribution in [0.2, 0.25) is 0 Å². The zero-order valence-electron chi connectivity index (χ0n) is 32.2. The first-order chi connectivity index (χ1) is 25.5. The van der Waals surface area contributed by atoms with Gasteiger partial charge >= 0.3 is 0 Å². The number of fused-ring (bicyclic) bond motifs is 2. The summed E-state index contributed by atoms with van der Waals surface area (Å²) < 4.78 is 44.1. The van der Waals surface area contributed by atoms with Crippen LogP contribution in [0, 0.1) is 41.5 Å². The Balaban J connectivity index is 0.00000276. The maximum Gasteiger partial charge on any atom is 0.221 e. The molecule has 0 aromatic heterocycles. The van der Waals surface area contributed by atoms with Crippen LogP contribution in [-0.2, 0) is 19.7 Å². The van der Waals surface area contributed by atoms with Gasteiger partial charge in [-0.25, -0.2) is 13.4 Å². The second-order valence-electron chi connectivity index (χ2n) is 13.2. The van der Waals surface area contributed by atoms with Gasteiger partial charge in [0.1, 0.15) is 21.5 Å². The van der Waals surface area contributed by atoms with Crippen molar-refractivity contribution < 1.29 is 27.0 Å². The van der Waals surface area contributed by atoms with E-state index in [-0.39, 0.29) is 22.3 Å². The monoisotopic (exact) mass is 745 g/mol. The second-order valence-corrected chi connectivity index (χ2v) is 14.5. The summed E-state index contributed by atoms with van der Waals surface area (Å²) in [5.74, 6) is 0.0661. The number of rotatable bonds is 7. The highest BCUT2D eigenvalue weighted by Crippen LogP contribution is 2.43. The Morgan fingerprint density at radius 3 is 1.91 bits per heavy atom. The van der Waals surface area contributed by atoms with Gasteiger partial charge in [-0.1, -0.05) is 44.2 Å². The number of hydrogen-bond acceptors (Lipinski definition) is 8. The average molecular weight is 746 g/mol. The van der Waals surface area contributed by atoms with Crippen molar-refractivity contribution in [1.82, 2.24) is 0 Å². The zero-order chi connectivity index (χ0) is 39.6. The molecule has 2 amide bonds. The standard InChI is InChI=1S/C41H40N4O6S.C2H6/c1-21-17-23(3)40(25(5)38(21)42-27(7)46)44-29-13-15-31-34(19-29)51-35-20-30(45-41-24(4)18-22(2)39(26(41)6)43-28(8)47)14-16-32(35)37(31)33-11-9-10-12-36(33)52(48,49)50;1-2/h9-20,44H,1-8H3,(H,42,46)(H,43,47)(H,48,49,50);1-2H3/p-1. The lowest BCUT2D eigenvalue weighted by atomic mass is 9.93. The van der Waals surface area contributed by atoms with Crippen molar-refractivity contribution >= 4 is 61.3 Å². The molecule has 0 saturated carbocycles. The van der Waals surface area contributed by atoms with E-state index in [9.17, 15) is 22.6 Å². The molecular formula is C43H45N4O6S-. The summed E-state index contributed by atoms with van der Waals surface area (Å²) >= 11 is 0. The Bertz CT molecular complexity index is 2610. The van der Waals surface area contributed by atoms with Crippen molar-refractivity contribution in [3.8, 4) is 22.5 Å². The summed E-state index contributed by atoms with van der Waals surface area (Å²) in [5.41, 5.74) is 10.9. The molecule has 0 bridgehead atoms. The Labute approximate surface area is 316 Å². The number of nitrogens with zero attached hydrogens (tertiary/aromatic N) is 1. The first-order valence-electron chi connectivity index (χ1n) is 17.7. The molecule has 0 saturated heterocycles. The summed E-state index contributed by atoms with van der Waals surface area (Å²) in [6.07, 6.45) is 0. The Morgan fingerprint density at radius 1 is 0.685 bits per heavy atom. The normalized spacial score (nSPS) is 11.6. The van der Waals surface area contributed by atoms with Gasteiger partial charge in [-0.2, -0.15) is 0 Å². The van der Waals surface area contributed by atoms with Crippen LogP contribution in [0.1, 0.15) is 61.1 Å². The predicted octanol–water partition coefficient (Wildman–Crippen LogP) is 9.88. The van der Waals surface area contributed by atoms with Gasteiger partial charge < -0.3 is 24.9 Å². The number of amides is 2. The summed E-state index contributed by atoms with van der Waals surface area (Å²) in [5, 5.41) is 10.5. The van der Waals surface area contributed by atoms with Gasteiger partial charge in [-0.05, 0) is 105 Å². The third-order valence-corrected chi connectivity index (χ3v) is 10.0. The van der Waals surface area contributed by atoms with E-state index in [0.717, 1.165) is 44.8 Å². The number of nitrogens with one attached hydrogen (secondary N) is 3. The quantitative estimate of drug-likeness (QED) is 0.109. The van der Waals surface area contributed by atoms with Crippen molar-refractivity contribution in [3.63, 3.8) is 0 Å². The molecule has 0 radical (unpaired) electrons. The molecule has 0 spiro atoms. The van der Waals surface area contributed by atoms with E-state index >= 15 is 0 Å². The number of anilines is 4. The molecule has 0 atom stereocenters. The summed E-state index contributed by atoms with van der Waals surface area (Å²) in [7, 11) is -4.84. The maximum absolute atomic E-state index is 12.5. The van der Waals surface area contributed by atoms with E-state index in [1.807, 2.05) is 97.9 Å². The highest BCUT2D eigenvalue weighted by Gasteiger charge is 2.22. The van der Waals surface area contributed by atoms with Gasteiger partial charge in [0.2, 0.25) is 11.8 Å². The fourth-order valence-electron chi connectivity index (χ4n) is 6.94. The minimum Gasteiger partial charge on any atom is -0.744 e. The Morgan fingerprint density at radius 2 is 1.28 bits per heavy atom. The molecule has 3 N–H and O–H groups in total. The van der Waals surface area contributed by atoms with Crippen molar-refractivity contribution in [2.75, 3.05) is 16.0 Å². The van der Waals surface area contributed by atoms with E-state index < -0.39 is 10.1 Å². The van der Waals surface area contributed by atoms with Crippen molar-refractivity contribution in [2.45, 2.75) is 74.1 Å². The van der Waals surface area contributed by atoms with Gasteiger partial charge in [0, 0.05) is 70.8 Å². The Hall–Kier alpha value is -5.78. The highest BCUT2D eigenvalue weighted by molar-refractivity contribution is 7.85. The molecule has 0 unspecified atom stereocenters. The van der Waals surface area contributed by atoms with Crippen LogP contribution in [0.4, 0.5) is 28.4 Å². The van der Waals surface area contributed by atoms with Crippen molar-refractivity contribution in [2.24, 2.45) is 4.99 Å². The Kier molecular flexibility index (Phi) is 11.4. The zero-order valence-corrected chi connectivity index (χ0v) is 33.0. The van der Waals surface area contributed by atoms with E-state index in [1.165, 1.54) is 26.0 Å². The van der Waals surface area contributed by atoms with Crippen LogP contribution < -0.4 is 21.3 Å². The molecule has 2 aliphatic rings. The third-order valence-electron chi connectivity index (χ3n) is 9.15. The van der Waals surface area contributed by atoms with Gasteiger partial charge in [-0.3, -0.25) is 9.59 Å². The largest absolute Gasteiger partial charge is 0.744 e. The molecule has 1 aliphatic heterocycles. The van der Waals surface area contributed by atoms with E-state index in [2.05, 4.69) is 16.0 Å². The van der Waals surface area contributed by atoms with E-state index in [0.29, 0.717) is 50.3 Å². The molecular weight excluding hydrogens is 701 g/mol. The molecule has 6 rings (SSSR count). The maximum atomic E-state index is 12.5. The first-order valence-corrected chi connectivity index (χ1v) is 19.1. The van der Waals surface area contributed by atoms with E-state index in [4.69, 9.17) is 9.41 Å². The lowest BCUT2D eigenvalue weighted by molar-refractivity contribution is -0.115. The predicted molar refractivity (Wildman–Crippen MR) is 216 cm³/mol. The molecule has 4 aromatic rings. The van der Waals surface area contributed by atoms with Gasteiger partial charge in [0.25, 0.3) is 0 Å². The minimum atomic E-state index is -4.84. The van der Waals surface area contributed by atoms with Crippen LogP contribution in [0.25, 0.3) is 33.4 Å². The number of carbonyl (C=O) groups excluding carboxylic acids is 2. The lowest BCUT2D eigenvalue weighted by Crippen LogP contribution is -2.10. The lowest BCUT2D eigenvalue weighted by Gasteiger charge is -2.21. The summed E-state index contributed by atoms with van der Waals surface area (Å²) in [4.78, 5) is 28.5. The number of benzene rings is 5. The molecule has 1 aliphatic carbocycles. The summed E-state index contributed by atoms with van der Waals surface area (Å²) in [6, 6.07) is 21.0. The van der Waals surface area contributed by atoms with Crippen molar-refractivity contribution in [1.29, 1.82) is 0 Å². The van der Waals surface area contributed by atoms with Gasteiger partial charge in [0.05, 0.1) is 15.9 Å². The number of carbonyl (C=O) groups is 2. The van der Waals surface area contributed by atoms with Crippen LogP contribution in [0.3, 0.4) is 0 Å². The van der Waals surface area contributed by atoms with Crippen LogP contribution >= 0.6 is 0 Å². The van der Waals surface area contributed by atoms with E-state index in [1.54, 1.807) is 18.2 Å². The second kappa shape index (κ2) is 15.7. The topological polar surface area (TPSA) is 153 Å². The molecule has 54 heavy (non-hydrogen) atoms. The fourth-order valence-corrected chi connectivity index (χ4v) is 7.63. The SMILES string of the molecule is CC.CC(=O)Nc1c(C)cc(C)c(N=c2ccc3c(-c4ccccc4S(=O)(=O)[O-])c4ccc(Nc5c(C)cc(C)c(NC(C)=O)c5C)cc4oc-3c2)c1C. The smallest absolute Gasteiger partial charge is 0.221 e. The fraction of sp³-hybridized carbons (Fsp3) is 0.233. The van der Waals surface area contributed by atoms with Crippen molar-refractivity contribution in [3.05, 3.63) is 112 Å². The number of hydrogen-bond donors (Lipinski definition) is 3. The van der Waals surface area contributed by atoms with Gasteiger partial charge in [0.15, 0.2) is 0 Å².